The Morgan fingerprint density at radius 3 is 2.41 bits per heavy atom. The number of fused-ring (bicyclic) bond motifs is 3. The van der Waals surface area contributed by atoms with Crippen molar-refractivity contribution in [2.45, 2.75) is 57.8 Å². The van der Waals surface area contributed by atoms with E-state index in [0.717, 1.165) is 0 Å². The molecule has 116 valence electrons. The van der Waals surface area contributed by atoms with Crippen LogP contribution in [0.2, 0.25) is 0 Å². The van der Waals surface area contributed by atoms with Crippen molar-refractivity contribution in [3.05, 3.63) is 58.1 Å². The molecule has 2 aromatic carbocycles. The molecule has 0 saturated carbocycles. The highest BCUT2D eigenvalue weighted by Gasteiger charge is 2.29. The fraction of sp³-hybridized carbons (Fsp3) is 0.429. The summed E-state index contributed by atoms with van der Waals surface area (Å²) in [4.78, 5) is 0. The molecule has 0 aliphatic heterocycles. The maximum absolute atomic E-state index is 3.79. The van der Waals surface area contributed by atoms with E-state index in [-0.39, 0.29) is 0 Å². The molecule has 1 atom stereocenters. The number of halogens is 1. The first-order chi connectivity index (χ1) is 10.8. The Kier molecular flexibility index (Phi) is 5.36. The van der Waals surface area contributed by atoms with E-state index in [1.807, 2.05) is 0 Å². The van der Waals surface area contributed by atoms with Crippen LogP contribution in [0.5, 0.6) is 0 Å². The van der Waals surface area contributed by atoms with Crippen molar-refractivity contribution in [2.24, 2.45) is 0 Å². The molecule has 1 heteroatoms. The smallest absolute Gasteiger partial charge is 0.0219 e. The van der Waals surface area contributed by atoms with Gasteiger partial charge >= 0.3 is 0 Å². The Morgan fingerprint density at radius 1 is 0.818 bits per heavy atom. The highest BCUT2D eigenvalue weighted by molar-refractivity contribution is 9.10. The van der Waals surface area contributed by atoms with Crippen molar-refractivity contribution in [3.8, 4) is 11.1 Å². The van der Waals surface area contributed by atoms with Crippen LogP contribution in [-0.2, 0) is 0 Å². The lowest BCUT2D eigenvalue weighted by Gasteiger charge is -2.15. The SMILES string of the molecule is CCCCCCCCC1c2ccccc2-c2cccc(Br)c21. The number of rotatable bonds is 7. The molecule has 2 aromatic rings. The maximum atomic E-state index is 3.79. The number of benzene rings is 2. The number of unbranched alkanes of at least 4 members (excludes halogenated alkanes) is 5. The zero-order valence-corrected chi connectivity index (χ0v) is 15.0. The Hall–Kier alpha value is -1.08. The second kappa shape index (κ2) is 7.46. The first kappa shape index (κ1) is 15.8. The van der Waals surface area contributed by atoms with Crippen molar-refractivity contribution < 1.29 is 0 Å². The van der Waals surface area contributed by atoms with E-state index in [4.69, 9.17) is 0 Å². The van der Waals surface area contributed by atoms with Gasteiger partial charge in [-0.1, -0.05) is 97.8 Å². The molecule has 22 heavy (non-hydrogen) atoms. The van der Waals surface area contributed by atoms with Gasteiger partial charge in [0.25, 0.3) is 0 Å². The first-order valence-corrected chi connectivity index (χ1v) is 9.50. The van der Waals surface area contributed by atoms with E-state index in [1.54, 1.807) is 0 Å². The van der Waals surface area contributed by atoms with Gasteiger partial charge in [-0.3, -0.25) is 0 Å². The highest BCUT2D eigenvalue weighted by Crippen LogP contribution is 2.49. The molecule has 0 amide bonds. The van der Waals surface area contributed by atoms with Gasteiger partial charge in [0.15, 0.2) is 0 Å². The summed E-state index contributed by atoms with van der Waals surface area (Å²) in [6.45, 7) is 2.28. The molecule has 0 radical (unpaired) electrons. The van der Waals surface area contributed by atoms with Crippen molar-refractivity contribution in [1.29, 1.82) is 0 Å². The van der Waals surface area contributed by atoms with Crippen molar-refractivity contribution in [3.63, 3.8) is 0 Å². The van der Waals surface area contributed by atoms with Gasteiger partial charge in [0.1, 0.15) is 0 Å². The Morgan fingerprint density at radius 2 is 1.55 bits per heavy atom. The van der Waals surface area contributed by atoms with E-state index in [1.165, 1.54) is 71.7 Å². The molecule has 0 N–H and O–H groups in total. The quantitative estimate of drug-likeness (QED) is 0.456. The Balaban J connectivity index is 1.74. The van der Waals surface area contributed by atoms with Crippen molar-refractivity contribution in [1.82, 2.24) is 0 Å². The zero-order chi connectivity index (χ0) is 15.4. The van der Waals surface area contributed by atoms with Gasteiger partial charge in [-0.05, 0) is 34.7 Å². The van der Waals surface area contributed by atoms with Crippen LogP contribution in [0.1, 0.15) is 68.9 Å². The average Bonchev–Trinajstić information content (AvgIpc) is 2.87. The molecule has 3 rings (SSSR count). The topological polar surface area (TPSA) is 0 Å². The third kappa shape index (κ3) is 3.15. The van der Waals surface area contributed by atoms with Crippen LogP contribution in [0.25, 0.3) is 11.1 Å². The van der Waals surface area contributed by atoms with Gasteiger partial charge in [-0.2, -0.15) is 0 Å². The molecule has 0 bridgehead atoms. The molecular weight excluding hydrogens is 332 g/mol. The van der Waals surface area contributed by atoms with Crippen LogP contribution in [-0.4, -0.2) is 0 Å². The van der Waals surface area contributed by atoms with Gasteiger partial charge in [-0.25, -0.2) is 0 Å². The minimum absolute atomic E-state index is 0.577. The lowest BCUT2D eigenvalue weighted by molar-refractivity contribution is 0.571. The minimum Gasteiger partial charge on any atom is -0.0654 e. The molecule has 1 aliphatic carbocycles. The lowest BCUT2D eigenvalue weighted by atomic mass is 9.91. The van der Waals surface area contributed by atoms with Crippen molar-refractivity contribution >= 4 is 15.9 Å². The monoisotopic (exact) mass is 356 g/mol. The van der Waals surface area contributed by atoms with Gasteiger partial charge < -0.3 is 0 Å². The molecule has 1 aliphatic rings. The van der Waals surface area contributed by atoms with Crippen LogP contribution in [0.3, 0.4) is 0 Å². The fourth-order valence-electron chi connectivity index (χ4n) is 3.76. The number of hydrogen-bond acceptors (Lipinski definition) is 0. The van der Waals surface area contributed by atoms with E-state index in [0.29, 0.717) is 5.92 Å². The second-order valence-corrected chi connectivity index (χ2v) is 7.25. The van der Waals surface area contributed by atoms with Crippen LogP contribution in [0, 0.1) is 0 Å². The molecule has 0 saturated heterocycles. The largest absolute Gasteiger partial charge is 0.0654 e. The third-order valence-corrected chi connectivity index (χ3v) is 5.57. The van der Waals surface area contributed by atoms with E-state index in [2.05, 4.69) is 65.3 Å². The molecule has 0 fully saturated rings. The zero-order valence-electron chi connectivity index (χ0n) is 13.4. The van der Waals surface area contributed by atoms with Crippen LogP contribution in [0.4, 0.5) is 0 Å². The summed E-state index contributed by atoms with van der Waals surface area (Å²) in [6, 6.07) is 15.6. The fourth-order valence-corrected chi connectivity index (χ4v) is 4.40. The minimum atomic E-state index is 0.577. The maximum Gasteiger partial charge on any atom is 0.0219 e. The third-order valence-electron chi connectivity index (χ3n) is 4.87. The molecule has 1 unspecified atom stereocenters. The number of hydrogen-bond donors (Lipinski definition) is 0. The van der Waals surface area contributed by atoms with Crippen LogP contribution >= 0.6 is 15.9 Å². The first-order valence-electron chi connectivity index (χ1n) is 8.70. The van der Waals surface area contributed by atoms with Gasteiger partial charge in [-0.15, -0.1) is 0 Å². The molecule has 0 nitrogen and oxygen atoms in total. The van der Waals surface area contributed by atoms with Gasteiger partial charge in [0, 0.05) is 10.4 Å². The summed E-state index contributed by atoms with van der Waals surface area (Å²) in [7, 11) is 0. The van der Waals surface area contributed by atoms with Crippen LogP contribution < -0.4 is 0 Å². The lowest BCUT2D eigenvalue weighted by Crippen LogP contribution is -1.98. The Bertz CT molecular complexity index is 630. The predicted octanol–water partition coefficient (Wildman–Crippen LogP) is 7.31. The summed E-state index contributed by atoms with van der Waals surface area (Å²) >= 11 is 3.79. The molecule has 0 heterocycles. The predicted molar refractivity (Wildman–Crippen MR) is 99.4 cm³/mol. The van der Waals surface area contributed by atoms with Gasteiger partial charge in [0.05, 0.1) is 0 Å². The summed E-state index contributed by atoms with van der Waals surface area (Å²) in [5.41, 5.74) is 5.91. The molecular formula is C21H25Br. The summed E-state index contributed by atoms with van der Waals surface area (Å²) < 4.78 is 1.28. The van der Waals surface area contributed by atoms with Crippen LogP contribution in [0.15, 0.2) is 46.9 Å². The van der Waals surface area contributed by atoms with E-state index in [9.17, 15) is 0 Å². The molecule has 0 spiro atoms. The highest BCUT2D eigenvalue weighted by atomic mass is 79.9. The summed E-state index contributed by atoms with van der Waals surface area (Å²) in [6.07, 6.45) is 9.50. The Labute approximate surface area is 143 Å². The second-order valence-electron chi connectivity index (χ2n) is 6.40. The normalized spacial score (nSPS) is 15.6. The van der Waals surface area contributed by atoms with Gasteiger partial charge in [0.2, 0.25) is 0 Å². The molecule has 0 aromatic heterocycles. The standard InChI is InChI=1S/C21H25Br/c1-2-3-4-5-6-7-13-18-16-11-8-9-12-17(16)19-14-10-15-20(22)21(18)19/h8-12,14-15,18H,2-7,13H2,1H3. The van der Waals surface area contributed by atoms with E-state index >= 15 is 0 Å². The van der Waals surface area contributed by atoms with Crippen molar-refractivity contribution in [2.75, 3.05) is 0 Å². The average molecular weight is 357 g/mol. The summed E-state index contributed by atoms with van der Waals surface area (Å²) in [5, 5.41) is 0. The van der Waals surface area contributed by atoms with E-state index < -0.39 is 0 Å². The summed E-state index contributed by atoms with van der Waals surface area (Å²) in [5.74, 6) is 0.577.